The molecule has 138 valence electrons. The summed E-state index contributed by atoms with van der Waals surface area (Å²) in [6.07, 6.45) is 4.47. The summed E-state index contributed by atoms with van der Waals surface area (Å²) in [6.45, 7) is 1.50. The summed E-state index contributed by atoms with van der Waals surface area (Å²) >= 11 is 0. The summed E-state index contributed by atoms with van der Waals surface area (Å²) in [5.41, 5.74) is 1.62. The predicted molar refractivity (Wildman–Crippen MR) is 96.0 cm³/mol. The third kappa shape index (κ3) is 3.53. The molecule has 7 nitrogen and oxygen atoms in total. The van der Waals surface area contributed by atoms with Crippen LogP contribution < -0.4 is 10.0 Å². The van der Waals surface area contributed by atoms with Gasteiger partial charge in [0.05, 0.1) is 24.2 Å². The van der Waals surface area contributed by atoms with Crippen molar-refractivity contribution < 1.29 is 17.6 Å². The molecule has 2 N–H and O–H groups in total. The SMILES string of the molecule is NS(=O)(=O)c1ccc2c(c1)CCN2C(=O)CN(Cc1ccco1)C1CC1. The van der Waals surface area contributed by atoms with E-state index < -0.39 is 10.0 Å². The summed E-state index contributed by atoms with van der Waals surface area (Å²) in [6, 6.07) is 8.90. The maximum Gasteiger partial charge on any atom is 0.241 e. The summed E-state index contributed by atoms with van der Waals surface area (Å²) in [5, 5.41) is 5.19. The molecule has 0 unspecified atom stereocenters. The normalized spacial score (nSPS) is 16.9. The van der Waals surface area contributed by atoms with Crippen molar-refractivity contribution in [2.75, 3.05) is 18.0 Å². The first-order valence-corrected chi connectivity index (χ1v) is 10.2. The standard InChI is InChI=1S/C18H21N3O4S/c19-26(23,24)16-5-6-17-13(10-16)7-8-21(17)18(22)12-20(14-3-4-14)11-15-2-1-9-25-15/h1-2,5-6,9-10,14H,3-4,7-8,11-12H2,(H2,19,23,24). The van der Waals surface area contributed by atoms with Crippen LogP contribution in [-0.4, -0.2) is 38.4 Å². The van der Waals surface area contributed by atoms with Crippen LogP contribution in [0, 0.1) is 0 Å². The number of carbonyl (C=O) groups excluding carboxylic acids is 1. The number of primary sulfonamides is 1. The van der Waals surface area contributed by atoms with E-state index in [0.717, 1.165) is 29.9 Å². The van der Waals surface area contributed by atoms with Gasteiger partial charge >= 0.3 is 0 Å². The molecule has 1 fully saturated rings. The number of furan rings is 1. The van der Waals surface area contributed by atoms with Crippen molar-refractivity contribution in [1.29, 1.82) is 0 Å². The van der Waals surface area contributed by atoms with Gasteiger partial charge in [0.25, 0.3) is 0 Å². The molecule has 1 amide bonds. The highest BCUT2D eigenvalue weighted by Gasteiger charge is 2.33. The molecule has 0 atom stereocenters. The van der Waals surface area contributed by atoms with Crippen molar-refractivity contribution >= 4 is 21.6 Å². The minimum Gasteiger partial charge on any atom is -0.468 e. The maximum absolute atomic E-state index is 12.9. The molecule has 1 aromatic carbocycles. The van der Waals surface area contributed by atoms with E-state index in [4.69, 9.17) is 9.56 Å². The number of nitrogens with zero attached hydrogens (tertiary/aromatic N) is 2. The van der Waals surface area contributed by atoms with Gasteiger partial charge in [-0.3, -0.25) is 9.69 Å². The fraction of sp³-hybridized carbons (Fsp3) is 0.389. The highest BCUT2D eigenvalue weighted by Crippen LogP contribution is 2.32. The van der Waals surface area contributed by atoms with Crippen molar-refractivity contribution in [3.05, 3.63) is 47.9 Å². The lowest BCUT2D eigenvalue weighted by molar-refractivity contribution is -0.120. The Bertz CT molecular complexity index is 920. The van der Waals surface area contributed by atoms with Crippen LogP contribution >= 0.6 is 0 Å². The fourth-order valence-corrected chi connectivity index (χ4v) is 3.99. The number of hydrogen-bond acceptors (Lipinski definition) is 5. The summed E-state index contributed by atoms with van der Waals surface area (Å²) in [7, 11) is -3.74. The third-order valence-corrected chi connectivity index (χ3v) is 5.83. The van der Waals surface area contributed by atoms with Crippen molar-refractivity contribution in [2.45, 2.75) is 36.7 Å². The molecule has 8 heteroatoms. The van der Waals surface area contributed by atoms with Crippen molar-refractivity contribution in [3.63, 3.8) is 0 Å². The number of amides is 1. The zero-order chi connectivity index (χ0) is 18.3. The molecule has 0 radical (unpaired) electrons. The van der Waals surface area contributed by atoms with Gasteiger partial charge in [0.1, 0.15) is 5.76 Å². The van der Waals surface area contributed by atoms with E-state index in [1.54, 1.807) is 23.3 Å². The molecule has 0 saturated heterocycles. The average Bonchev–Trinajstić information content (AvgIpc) is 3.14. The van der Waals surface area contributed by atoms with E-state index in [1.165, 1.54) is 6.07 Å². The highest BCUT2D eigenvalue weighted by atomic mass is 32.2. The van der Waals surface area contributed by atoms with Gasteiger partial charge in [-0.2, -0.15) is 0 Å². The van der Waals surface area contributed by atoms with E-state index in [1.807, 2.05) is 12.1 Å². The van der Waals surface area contributed by atoms with Crippen LogP contribution in [0.4, 0.5) is 5.69 Å². The molecule has 1 aliphatic heterocycles. The lowest BCUT2D eigenvalue weighted by atomic mass is 10.2. The number of hydrogen-bond donors (Lipinski definition) is 1. The molecule has 0 bridgehead atoms. The average molecular weight is 375 g/mol. The van der Waals surface area contributed by atoms with E-state index >= 15 is 0 Å². The topological polar surface area (TPSA) is 96.8 Å². The second kappa shape index (κ2) is 6.53. The molecule has 2 aromatic rings. The number of carbonyl (C=O) groups is 1. The van der Waals surface area contributed by atoms with Crippen LogP contribution in [0.3, 0.4) is 0 Å². The van der Waals surface area contributed by atoms with Crippen LogP contribution in [0.5, 0.6) is 0 Å². The van der Waals surface area contributed by atoms with Gasteiger partial charge in [-0.15, -0.1) is 0 Å². The first-order chi connectivity index (χ1) is 12.4. The Morgan fingerprint density at radius 2 is 2.12 bits per heavy atom. The molecule has 1 saturated carbocycles. The first-order valence-electron chi connectivity index (χ1n) is 8.64. The second-order valence-electron chi connectivity index (χ2n) is 6.85. The minimum atomic E-state index is -3.74. The van der Waals surface area contributed by atoms with Gasteiger partial charge in [0.15, 0.2) is 0 Å². The van der Waals surface area contributed by atoms with Gasteiger partial charge in [-0.25, -0.2) is 13.6 Å². The molecule has 4 rings (SSSR count). The van der Waals surface area contributed by atoms with E-state index in [0.29, 0.717) is 32.1 Å². The second-order valence-corrected chi connectivity index (χ2v) is 8.41. The Hall–Kier alpha value is -2.16. The van der Waals surface area contributed by atoms with Crippen LogP contribution in [0.25, 0.3) is 0 Å². The van der Waals surface area contributed by atoms with Crippen LogP contribution in [0.1, 0.15) is 24.2 Å². The summed E-state index contributed by atoms with van der Waals surface area (Å²) in [5.74, 6) is 0.870. The zero-order valence-corrected chi connectivity index (χ0v) is 15.1. The Balaban J connectivity index is 1.49. The summed E-state index contributed by atoms with van der Waals surface area (Å²) in [4.78, 5) is 16.8. The Morgan fingerprint density at radius 1 is 1.31 bits per heavy atom. The van der Waals surface area contributed by atoms with Gasteiger partial charge in [-0.1, -0.05) is 0 Å². The number of sulfonamides is 1. The lowest BCUT2D eigenvalue weighted by Crippen LogP contribution is -2.40. The highest BCUT2D eigenvalue weighted by molar-refractivity contribution is 7.89. The van der Waals surface area contributed by atoms with E-state index in [9.17, 15) is 13.2 Å². The number of nitrogens with two attached hydrogens (primary N) is 1. The van der Waals surface area contributed by atoms with Crippen LogP contribution in [0.15, 0.2) is 45.9 Å². The smallest absolute Gasteiger partial charge is 0.241 e. The van der Waals surface area contributed by atoms with E-state index in [-0.39, 0.29) is 10.8 Å². The van der Waals surface area contributed by atoms with Gasteiger partial charge in [-0.05, 0) is 55.2 Å². The molecular formula is C18H21N3O4S. The maximum atomic E-state index is 12.9. The molecule has 1 aromatic heterocycles. The quantitative estimate of drug-likeness (QED) is 0.825. The number of fused-ring (bicyclic) bond motifs is 1. The number of anilines is 1. The Labute approximate surface area is 152 Å². The van der Waals surface area contributed by atoms with Crippen LogP contribution in [-0.2, 0) is 27.8 Å². The molecule has 2 heterocycles. The van der Waals surface area contributed by atoms with Crippen LogP contribution in [0.2, 0.25) is 0 Å². The fourth-order valence-electron chi connectivity index (χ4n) is 3.43. The largest absolute Gasteiger partial charge is 0.468 e. The third-order valence-electron chi connectivity index (χ3n) is 4.92. The molecule has 2 aliphatic rings. The zero-order valence-electron chi connectivity index (χ0n) is 14.3. The molecular weight excluding hydrogens is 354 g/mol. The first kappa shape index (κ1) is 17.3. The van der Waals surface area contributed by atoms with Crippen molar-refractivity contribution in [3.8, 4) is 0 Å². The Kier molecular flexibility index (Phi) is 4.34. The van der Waals surface area contributed by atoms with Gasteiger partial charge in [0.2, 0.25) is 15.9 Å². The molecule has 26 heavy (non-hydrogen) atoms. The van der Waals surface area contributed by atoms with Gasteiger partial charge in [0, 0.05) is 18.3 Å². The van der Waals surface area contributed by atoms with Gasteiger partial charge < -0.3 is 9.32 Å². The number of benzene rings is 1. The summed E-state index contributed by atoms with van der Waals surface area (Å²) < 4.78 is 28.4. The lowest BCUT2D eigenvalue weighted by Gasteiger charge is -2.24. The molecule has 0 spiro atoms. The van der Waals surface area contributed by atoms with Crippen molar-refractivity contribution in [1.82, 2.24) is 4.90 Å². The minimum absolute atomic E-state index is 0.0190. The van der Waals surface area contributed by atoms with E-state index in [2.05, 4.69) is 4.90 Å². The number of rotatable bonds is 6. The Morgan fingerprint density at radius 3 is 2.77 bits per heavy atom. The predicted octanol–water partition coefficient (Wildman–Crippen LogP) is 1.48. The molecule has 1 aliphatic carbocycles. The monoisotopic (exact) mass is 375 g/mol. The van der Waals surface area contributed by atoms with Crippen molar-refractivity contribution in [2.24, 2.45) is 5.14 Å².